The summed E-state index contributed by atoms with van der Waals surface area (Å²) in [5, 5.41) is 2.66. The van der Waals surface area contributed by atoms with E-state index in [9.17, 15) is 17.6 Å². The SMILES string of the molecule is COC(=O)NC1CCN(S(=O)(=O)c2ccc(F)cc2)CC1. The number of hydrogen-bond donors (Lipinski definition) is 1. The first-order chi connectivity index (χ1) is 9.93. The van der Waals surface area contributed by atoms with Gasteiger partial charge in [-0.1, -0.05) is 0 Å². The van der Waals surface area contributed by atoms with Gasteiger partial charge in [0.2, 0.25) is 10.0 Å². The van der Waals surface area contributed by atoms with Gasteiger partial charge in [-0.25, -0.2) is 17.6 Å². The minimum Gasteiger partial charge on any atom is -0.453 e. The highest BCUT2D eigenvalue weighted by molar-refractivity contribution is 7.89. The van der Waals surface area contributed by atoms with Crippen LogP contribution in [-0.2, 0) is 14.8 Å². The molecule has 21 heavy (non-hydrogen) atoms. The van der Waals surface area contributed by atoms with Crippen LogP contribution in [-0.4, -0.2) is 45.1 Å². The zero-order chi connectivity index (χ0) is 15.5. The third kappa shape index (κ3) is 3.70. The molecule has 1 saturated heterocycles. The normalized spacial score (nSPS) is 17.4. The number of nitrogens with one attached hydrogen (secondary N) is 1. The third-order valence-electron chi connectivity index (χ3n) is 3.41. The van der Waals surface area contributed by atoms with Gasteiger partial charge in [0.25, 0.3) is 0 Å². The molecule has 2 rings (SSSR count). The van der Waals surface area contributed by atoms with Crippen LogP contribution in [0.4, 0.5) is 9.18 Å². The van der Waals surface area contributed by atoms with Gasteiger partial charge in [0.1, 0.15) is 5.82 Å². The minimum atomic E-state index is -3.61. The monoisotopic (exact) mass is 316 g/mol. The molecule has 0 spiro atoms. The van der Waals surface area contributed by atoms with Crippen LogP contribution in [0.25, 0.3) is 0 Å². The molecule has 0 unspecified atom stereocenters. The topological polar surface area (TPSA) is 75.7 Å². The second-order valence-electron chi connectivity index (χ2n) is 4.77. The lowest BCUT2D eigenvalue weighted by molar-refractivity contribution is 0.161. The van der Waals surface area contributed by atoms with Crippen molar-refractivity contribution in [2.24, 2.45) is 0 Å². The Morgan fingerprint density at radius 2 is 1.86 bits per heavy atom. The molecule has 0 bridgehead atoms. The van der Waals surface area contributed by atoms with Gasteiger partial charge in [-0.3, -0.25) is 0 Å². The summed E-state index contributed by atoms with van der Waals surface area (Å²) < 4.78 is 43.5. The Balaban J connectivity index is 2.01. The first kappa shape index (κ1) is 15.7. The Hall–Kier alpha value is -1.67. The standard InChI is InChI=1S/C13H17FN2O4S/c1-20-13(17)15-11-6-8-16(9-7-11)21(18,19)12-4-2-10(14)3-5-12/h2-5,11H,6-9H2,1H3,(H,15,17). The second-order valence-corrected chi connectivity index (χ2v) is 6.71. The molecular formula is C13H17FN2O4S. The lowest BCUT2D eigenvalue weighted by Gasteiger charge is -2.31. The van der Waals surface area contributed by atoms with Gasteiger partial charge >= 0.3 is 6.09 Å². The zero-order valence-electron chi connectivity index (χ0n) is 11.6. The molecule has 0 aliphatic carbocycles. The number of benzene rings is 1. The molecule has 0 aromatic heterocycles. The number of amides is 1. The van der Waals surface area contributed by atoms with Crippen molar-refractivity contribution >= 4 is 16.1 Å². The van der Waals surface area contributed by atoms with Crippen molar-refractivity contribution in [3.8, 4) is 0 Å². The molecule has 1 aliphatic rings. The van der Waals surface area contributed by atoms with E-state index in [0.29, 0.717) is 25.9 Å². The van der Waals surface area contributed by atoms with Gasteiger partial charge in [-0.05, 0) is 37.1 Å². The molecule has 6 nitrogen and oxygen atoms in total. The maximum Gasteiger partial charge on any atom is 0.407 e. The second kappa shape index (κ2) is 6.40. The summed E-state index contributed by atoms with van der Waals surface area (Å²) in [7, 11) is -2.33. The summed E-state index contributed by atoms with van der Waals surface area (Å²) in [6, 6.07) is 4.65. The molecule has 1 aromatic rings. The number of piperidine rings is 1. The van der Waals surface area contributed by atoms with Crippen LogP contribution < -0.4 is 5.32 Å². The average molecular weight is 316 g/mol. The molecule has 1 amide bonds. The summed E-state index contributed by atoms with van der Waals surface area (Å²) in [6.07, 6.45) is 0.500. The van der Waals surface area contributed by atoms with Gasteiger partial charge in [0.05, 0.1) is 12.0 Å². The number of carbonyl (C=O) groups is 1. The van der Waals surface area contributed by atoms with E-state index in [0.717, 1.165) is 12.1 Å². The molecular weight excluding hydrogens is 299 g/mol. The van der Waals surface area contributed by atoms with Crippen LogP contribution in [0.1, 0.15) is 12.8 Å². The predicted molar refractivity (Wildman–Crippen MR) is 73.7 cm³/mol. The molecule has 0 atom stereocenters. The largest absolute Gasteiger partial charge is 0.453 e. The Morgan fingerprint density at radius 1 is 1.29 bits per heavy atom. The van der Waals surface area contributed by atoms with Gasteiger partial charge in [0, 0.05) is 19.1 Å². The van der Waals surface area contributed by atoms with Crippen molar-refractivity contribution in [1.29, 1.82) is 0 Å². The van der Waals surface area contributed by atoms with E-state index in [2.05, 4.69) is 10.1 Å². The van der Waals surface area contributed by atoms with E-state index in [1.54, 1.807) is 0 Å². The van der Waals surface area contributed by atoms with Gasteiger partial charge < -0.3 is 10.1 Å². The fraction of sp³-hybridized carbons (Fsp3) is 0.462. The molecule has 0 saturated carbocycles. The smallest absolute Gasteiger partial charge is 0.407 e. The Morgan fingerprint density at radius 3 is 2.38 bits per heavy atom. The molecule has 1 N–H and O–H groups in total. The lowest BCUT2D eigenvalue weighted by Crippen LogP contribution is -2.46. The zero-order valence-corrected chi connectivity index (χ0v) is 12.4. The highest BCUT2D eigenvalue weighted by Gasteiger charge is 2.29. The molecule has 8 heteroatoms. The summed E-state index contributed by atoms with van der Waals surface area (Å²) in [6.45, 7) is 0.600. The third-order valence-corrected chi connectivity index (χ3v) is 5.33. The van der Waals surface area contributed by atoms with Crippen molar-refractivity contribution in [3.63, 3.8) is 0 Å². The number of rotatable bonds is 3. The van der Waals surface area contributed by atoms with Crippen LogP contribution in [0.5, 0.6) is 0 Å². The summed E-state index contributed by atoms with van der Waals surface area (Å²) in [5.74, 6) is -0.477. The Bertz CT molecular complexity index is 595. The van der Waals surface area contributed by atoms with Gasteiger partial charge in [-0.2, -0.15) is 4.31 Å². The Labute approximate surface area is 122 Å². The van der Waals surface area contributed by atoms with Gasteiger partial charge in [0.15, 0.2) is 0 Å². The van der Waals surface area contributed by atoms with Crippen LogP contribution in [0, 0.1) is 5.82 Å². The van der Waals surface area contributed by atoms with Crippen molar-refractivity contribution in [1.82, 2.24) is 9.62 Å². The maximum atomic E-state index is 12.9. The van der Waals surface area contributed by atoms with E-state index in [-0.39, 0.29) is 10.9 Å². The number of methoxy groups -OCH3 is 1. The summed E-state index contributed by atoms with van der Waals surface area (Å²) in [5.41, 5.74) is 0. The molecule has 1 aromatic carbocycles. The number of alkyl carbamates (subject to hydrolysis) is 1. The van der Waals surface area contributed by atoms with Crippen LogP contribution in [0.2, 0.25) is 0 Å². The quantitative estimate of drug-likeness (QED) is 0.913. The number of halogens is 1. The molecule has 1 aliphatic heterocycles. The molecule has 1 heterocycles. The van der Waals surface area contributed by atoms with Crippen LogP contribution in [0.3, 0.4) is 0 Å². The van der Waals surface area contributed by atoms with Gasteiger partial charge in [-0.15, -0.1) is 0 Å². The minimum absolute atomic E-state index is 0.0725. The summed E-state index contributed by atoms with van der Waals surface area (Å²) in [4.78, 5) is 11.2. The fourth-order valence-corrected chi connectivity index (χ4v) is 3.69. The first-order valence-corrected chi connectivity index (χ1v) is 7.97. The van der Waals surface area contributed by atoms with E-state index in [1.807, 2.05) is 0 Å². The van der Waals surface area contributed by atoms with E-state index in [4.69, 9.17) is 0 Å². The maximum absolute atomic E-state index is 12.9. The lowest BCUT2D eigenvalue weighted by atomic mass is 10.1. The van der Waals surface area contributed by atoms with Crippen LogP contribution in [0.15, 0.2) is 29.2 Å². The predicted octanol–water partition coefficient (Wildman–Crippen LogP) is 1.33. The van der Waals surface area contributed by atoms with E-state index in [1.165, 1.54) is 23.5 Å². The number of ether oxygens (including phenoxy) is 1. The Kier molecular flexibility index (Phi) is 4.79. The van der Waals surface area contributed by atoms with E-state index < -0.39 is 21.9 Å². The average Bonchev–Trinajstić information content (AvgIpc) is 2.48. The number of nitrogens with zero attached hydrogens (tertiary/aromatic N) is 1. The summed E-state index contributed by atoms with van der Waals surface area (Å²) >= 11 is 0. The fourth-order valence-electron chi connectivity index (χ4n) is 2.22. The molecule has 0 radical (unpaired) electrons. The van der Waals surface area contributed by atoms with Crippen LogP contribution >= 0.6 is 0 Å². The molecule has 1 fully saturated rings. The van der Waals surface area contributed by atoms with Crippen molar-refractivity contribution in [2.45, 2.75) is 23.8 Å². The number of hydrogen-bond acceptors (Lipinski definition) is 4. The van der Waals surface area contributed by atoms with E-state index >= 15 is 0 Å². The first-order valence-electron chi connectivity index (χ1n) is 6.53. The highest BCUT2D eigenvalue weighted by Crippen LogP contribution is 2.21. The van der Waals surface area contributed by atoms with Crippen molar-refractivity contribution in [3.05, 3.63) is 30.1 Å². The number of sulfonamides is 1. The van der Waals surface area contributed by atoms with Crippen molar-refractivity contribution in [2.75, 3.05) is 20.2 Å². The number of carbonyl (C=O) groups excluding carboxylic acids is 1. The molecule has 116 valence electrons. The van der Waals surface area contributed by atoms with Crippen molar-refractivity contribution < 1.29 is 22.3 Å². The highest BCUT2D eigenvalue weighted by atomic mass is 32.2.